The monoisotopic (exact) mass is 485 g/mol. The Morgan fingerprint density at radius 2 is 1.83 bits per heavy atom. The highest BCUT2D eigenvalue weighted by Gasteiger charge is 2.48. The average molecular weight is 486 g/mol. The van der Waals surface area contributed by atoms with Gasteiger partial charge in [-0.15, -0.1) is 0 Å². The summed E-state index contributed by atoms with van der Waals surface area (Å²) >= 11 is 1.28. The molecule has 176 valence electrons. The third-order valence-corrected chi connectivity index (χ3v) is 7.31. The number of aliphatic hydroxyl groups is 1. The van der Waals surface area contributed by atoms with Gasteiger partial charge >= 0.3 is 5.91 Å². The molecule has 0 aliphatic carbocycles. The summed E-state index contributed by atoms with van der Waals surface area (Å²) in [5.74, 6) is -1.05. The van der Waals surface area contributed by atoms with Gasteiger partial charge < -0.3 is 9.84 Å². The number of benzene rings is 2. The van der Waals surface area contributed by atoms with Crippen LogP contribution in [-0.4, -0.2) is 33.9 Å². The molecule has 5 rings (SSSR count). The van der Waals surface area contributed by atoms with E-state index in [-0.39, 0.29) is 11.3 Å². The lowest BCUT2D eigenvalue weighted by molar-refractivity contribution is -0.132. The second-order valence-electron chi connectivity index (χ2n) is 8.51. The number of rotatable bonds is 4. The molecular weight excluding hydrogens is 462 g/mol. The van der Waals surface area contributed by atoms with E-state index in [1.54, 1.807) is 43.6 Å². The lowest BCUT2D eigenvalue weighted by Crippen LogP contribution is -2.29. The highest BCUT2D eigenvalue weighted by atomic mass is 32.1. The van der Waals surface area contributed by atoms with Crippen molar-refractivity contribution < 1.29 is 19.4 Å². The van der Waals surface area contributed by atoms with Crippen molar-refractivity contribution in [3.63, 3.8) is 0 Å². The van der Waals surface area contributed by atoms with Crippen LogP contribution in [0.25, 0.3) is 16.0 Å². The number of ketones is 1. The minimum atomic E-state index is -0.915. The highest BCUT2D eigenvalue weighted by molar-refractivity contribution is 7.22. The van der Waals surface area contributed by atoms with Gasteiger partial charge in [-0.25, -0.2) is 4.98 Å². The predicted octanol–water partition coefficient (Wildman–Crippen LogP) is 5.25. The van der Waals surface area contributed by atoms with Gasteiger partial charge in [0.2, 0.25) is 0 Å². The quantitative estimate of drug-likeness (QED) is 0.241. The van der Waals surface area contributed by atoms with Crippen LogP contribution >= 0.6 is 11.3 Å². The number of nitrogens with zero attached hydrogens (tertiary/aromatic N) is 3. The zero-order chi connectivity index (χ0) is 24.9. The third kappa shape index (κ3) is 3.76. The maximum atomic E-state index is 13.4. The Balaban J connectivity index is 1.72. The molecule has 0 saturated carbocycles. The number of fused-ring (bicyclic) bond motifs is 1. The Morgan fingerprint density at radius 3 is 2.51 bits per heavy atom. The van der Waals surface area contributed by atoms with Crippen LogP contribution in [0.3, 0.4) is 0 Å². The molecule has 1 aliphatic heterocycles. The molecule has 7 nitrogen and oxygen atoms in total. The van der Waals surface area contributed by atoms with E-state index in [1.165, 1.54) is 16.2 Å². The standard InChI is InChI=1S/C27H23N3O4S/c1-14-8-9-17(11-15(14)2)24(31)22-23(18-7-5-6-10-28-18)30(26(33)25(22)32)27-29-19-12-16(3)20(34-4)13-21(19)35-27/h5-13,23,31H,1-4H3/b24-22+. The second-order valence-corrected chi connectivity index (χ2v) is 9.52. The van der Waals surface area contributed by atoms with Crippen molar-refractivity contribution in [1.82, 2.24) is 9.97 Å². The minimum Gasteiger partial charge on any atom is -0.507 e. The molecule has 1 atom stereocenters. The molecule has 8 heteroatoms. The third-order valence-electron chi connectivity index (χ3n) is 6.29. The van der Waals surface area contributed by atoms with Crippen molar-refractivity contribution in [2.75, 3.05) is 12.0 Å². The first-order chi connectivity index (χ1) is 16.8. The fraction of sp³-hybridized carbons (Fsp3) is 0.185. The van der Waals surface area contributed by atoms with Crippen LogP contribution in [0.15, 0.2) is 60.3 Å². The number of carbonyl (C=O) groups is 2. The Labute approximate surface area is 206 Å². The van der Waals surface area contributed by atoms with Crippen molar-refractivity contribution in [3.8, 4) is 5.75 Å². The van der Waals surface area contributed by atoms with E-state index in [1.807, 2.05) is 39.0 Å². The Hall–Kier alpha value is -4.04. The Bertz CT molecular complexity index is 1520. The van der Waals surface area contributed by atoms with Crippen LogP contribution in [0.2, 0.25) is 0 Å². The second kappa shape index (κ2) is 8.63. The summed E-state index contributed by atoms with van der Waals surface area (Å²) in [5.41, 5.74) is 4.55. The summed E-state index contributed by atoms with van der Waals surface area (Å²) in [6.07, 6.45) is 1.60. The number of ether oxygens (including phenoxy) is 1. The molecule has 0 radical (unpaired) electrons. The van der Waals surface area contributed by atoms with Crippen LogP contribution in [0.1, 0.15) is 34.0 Å². The van der Waals surface area contributed by atoms with E-state index in [0.29, 0.717) is 27.7 Å². The number of amides is 1. The molecule has 1 amide bonds. The van der Waals surface area contributed by atoms with Gasteiger partial charge in [0.1, 0.15) is 17.6 Å². The van der Waals surface area contributed by atoms with E-state index in [4.69, 9.17) is 4.74 Å². The van der Waals surface area contributed by atoms with Crippen LogP contribution in [0.5, 0.6) is 5.75 Å². The number of thiazole rings is 1. The van der Waals surface area contributed by atoms with Gasteiger partial charge in [0.15, 0.2) is 5.13 Å². The number of Topliss-reactive ketones (excluding diaryl/α,β-unsaturated/α-hetero) is 1. The van der Waals surface area contributed by atoms with E-state index < -0.39 is 17.7 Å². The highest BCUT2D eigenvalue weighted by Crippen LogP contribution is 2.44. The van der Waals surface area contributed by atoms with Crippen molar-refractivity contribution in [1.29, 1.82) is 0 Å². The maximum absolute atomic E-state index is 13.4. The number of aryl methyl sites for hydroxylation is 3. The van der Waals surface area contributed by atoms with E-state index in [2.05, 4.69) is 9.97 Å². The fourth-order valence-electron chi connectivity index (χ4n) is 4.26. The predicted molar refractivity (Wildman–Crippen MR) is 136 cm³/mol. The summed E-state index contributed by atoms with van der Waals surface area (Å²) < 4.78 is 6.24. The first-order valence-electron chi connectivity index (χ1n) is 11.0. The van der Waals surface area contributed by atoms with Gasteiger partial charge in [-0.05, 0) is 67.8 Å². The first-order valence-corrected chi connectivity index (χ1v) is 11.9. The van der Waals surface area contributed by atoms with E-state index in [0.717, 1.165) is 21.4 Å². The molecule has 1 aliphatic rings. The number of aliphatic hydroxyl groups excluding tert-OH is 1. The van der Waals surface area contributed by atoms with Crippen LogP contribution in [0, 0.1) is 20.8 Å². The molecule has 1 N–H and O–H groups in total. The van der Waals surface area contributed by atoms with Crippen molar-refractivity contribution in [2.24, 2.45) is 0 Å². The molecular formula is C27H23N3O4S. The smallest absolute Gasteiger partial charge is 0.301 e. The number of pyridine rings is 1. The van der Waals surface area contributed by atoms with Crippen molar-refractivity contribution >= 4 is 44.1 Å². The Kier molecular flexibility index (Phi) is 5.61. The number of methoxy groups -OCH3 is 1. The summed E-state index contributed by atoms with van der Waals surface area (Å²) in [6.45, 7) is 5.81. The van der Waals surface area contributed by atoms with Crippen molar-refractivity contribution in [3.05, 3.63) is 88.2 Å². The lowest BCUT2D eigenvalue weighted by Gasteiger charge is -2.22. The van der Waals surface area contributed by atoms with Gasteiger partial charge in [-0.1, -0.05) is 29.5 Å². The molecule has 1 unspecified atom stereocenters. The number of hydrogen-bond donors (Lipinski definition) is 1. The minimum absolute atomic E-state index is 0.00929. The van der Waals surface area contributed by atoms with Gasteiger partial charge in [-0.2, -0.15) is 0 Å². The SMILES string of the molecule is COc1cc2sc(N3C(=O)C(=O)/C(=C(/O)c4ccc(C)c(C)c4)C3c3ccccn3)nc2cc1C. The van der Waals surface area contributed by atoms with Gasteiger partial charge in [0, 0.05) is 11.8 Å². The molecule has 0 bridgehead atoms. The zero-order valence-corrected chi connectivity index (χ0v) is 20.5. The number of aromatic nitrogens is 2. The summed E-state index contributed by atoms with van der Waals surface area (Å²) in [5, 5.41) is 11.6. The van der Waals surface area contributed by atoms with Gasteiger partial charge in [0.25, 0.3) is 5.78 Å². The zero-order valence-electron chi connectivity index (χ0n) is 19.7. The normalized spacial score (nSPS) is 17.4. The number of hydrogen-bond acceptors (Lipinski definition) is 7. The van der Waals surface area contributed by atoms with E-state index in [9.17, 15) is 14.7 Å². The molecule has 1 saturated heterocycles. The fourth-order valence-corrected chi connectivity index (χ4v) is 5.26. The Morgan fingerprint density at radius 1 is 1.03 bits per heavy atom. The van der Waals surface area contributed by atoms with Crippen LogP contribution in [0.4, 0.5) is 5.13 Å². The summed E-state index contributed by atoms with van der Waals surface area (Å²) in [7, 11) is 1.60. The number of anilines is 1. The van der Waals surface area contributed by atoms with E-state index >= 15 is 0 Å². The van der Waals surface area contributed by atoms with Crippen molar-refractivity contribution in [2.45, 2.75) is 26.8 Å². The largest absolute Gasteiger partial charge is 0.507 e. The molecule has 1 fully saturated rings. The van der Waals surface area contributed by atoms with Gasteiger partial charge in [-0.3, -0.25) is 19.5 Å². The molecule has 35 heavy (non-hydrogen) atoms. The van der Waals surface area contributed by atoms with Crippen LogP contribution in [-0.2, 0) is 9.59 Å². The topological polar surface area (TPSA) is 92.6 Å². The molecule has 2 aromatic heterocycles. The van der Waals surface area contributed by atoms with Crippen LogP contribution < -0.4 is 9.64 Å². The summed E-state index contributed by atoms with van der Waals surface area (Å²) in [4.78, 5) is 37.1. The molecule has 2 aromatic carbocycles. The molecule has 3 heterocycles. The molecule has 0 spiro atoms. The maximum Gasteiger partial charge on any atom is 0.301 e. The lowest BCUT2D eigenvalue weighted by atomic mass is 9.97. The number of carbonyl (C=O) groups excluding carboxylic acids is 2. The molecule has 4 aromatic rings. The first kappa shape index (κ1) is 22.7. The van der Waals surface area contributed by atoms with Gasteiger partial charge in [0.05, 0.1) is 28.6 Å². The summed E-state index contributed by atoms with van der Waals surface area (Å²) in [6, 6.07) is 13.5. The average Bonchev–Trinajstić information content (AvgIpc) is 3.37.